The number of rotatable bonds is 8. The zero-order chi connectivity index (χ0) is 19.9. The maximum Gasteiger partial charge on any atom is 0.229 e. The van der Waals surface area contributed by atoms with Gasteiger partial charge in [-0.2, -0.15) is 0 Å². The van der Waals surface area contributed by atoms with Crippen LogP contribution < -0.4 is 10.0 Å². The highest BCUT2D eigenvalue weighted by molar-refractivity contribution is 14.0. The summed E-state index contributed by atoms with van der Waals surface area (Å²) in [6, 6.07) is 7.42. The van der Waals surface area contributed by atoms with Crippen molar-refractivity contribution >= 4 is 45.6 Å². The molecule has 1 aliphatic rings. The van der Waals surface area contributed by atoms with Crippen molar-refractivity contribution in [3.8, 4) is 0 Å². The van der Waals surface area contributed by atoms with Gasteiger partial charge in [0.05, 0.1) is 18.5 Å². The molecule has 8 heteroatoms. The van der Waals surface area contributed by atoms with E-state index >= 15 is 0 Å². The molecule has 1 fully saturated rings. The van der Waals surface area contributed by atoms with Crippen LogP contribution in [0.25, 0.3) is 0 Å². The minimum atomic E-state index is -3.31. The van der Waals surface area contributed by atoms with E-state index in [1.807, 2.05) is 18.2 Å². The van der Waals surface area contributed by atoms with E-state index < -0.39 is 10.0 Å². The third kappa shape index (κ3) is 7.42. The SMILES string of the molecule is CCNC(=NCc1ccccc1NS(C)(=O)=O)N1CCC(C(CC)CC)C1.I. The van der Waals surface area contributed by atoms with Gasteiger partial charge in [-0.1, -0.05) is 44.9 Å². The van der Waals surface area contributed by atoms with Gasteiger partial charge < -0.3 is 10.2 Å². The van der Waals surface area contributed by atoms with Crippen LogP contribution in [0.2, 0.25) is 0 Å². The second-order valence-electron chi connectivity index (χ2n) is 7.27. The molecule has 1 unspecified atom stereocenters. The molecule has 0 spiro atoms. The Bertz CT molecular complexity index is 735. The van der Waals surface area contributed by atoms with Crippen molar-refractivity contribution < 1.29 is 8.42 Å². The van der Waals surface area contributed by atoms with Crippen LogP contribution in [0.15, 0.2) is 29.3 Å². The lowest BCUT2D eigenvalue weighted by molar-refractivity contribution is 0.319. The maximum atomic E-state index is 11.6. The highest BCUT2D eigenvalue weighted by Crippen LogP contribution is 2.29. The van der Waals surface area contributed by atoms with Crippen LogP contribution in [-0.4, -0.2) is 45.2 Å². The molecule has 1 aliphatic heterocycles. The number of nitrogens with one attached hydrogen (secondary N) is 2. The van der Waals surface area contributed by atoms with Gasteiger partial charge in [0.1, 0.15) is 0 Å². The normalized spacial score (nSPS) is 17.5. The molecule has 1 heterocycles. The number of para-hydroxylation sites is 1. The van der Waals surface area contributed by atoms with E-state index in [0.717, 1.165) is 43.0 Å². The Balaban J connectivity index is 0.00000392. The Kier molecular flexibility index (Phi) is 10.6. The van der Waals surface area contributed by atoms with Crippen molar-refractivity contribution in [1.82, 2.24) is 10.2 Å². The van der Waals surface area contributed by atoms with Crippen molar-refractivity contribution in [2.24, 2.45) is 16.8 Å². The first kappa shape index (κ1) is 25.0. The lowest BCUT2D eigenvalue weighted by Crippen LogP contribution is -2.40. The molecule has 1 saturated heterocycles. The van der Waals surface area contributed by atoms with Crippen molar-refractivity contribution in [3.63, 3.8) is 0 Å². The predicted octanol–water partition coefficient (Wildman–Crippen LogP) is 3.90. The number of aliphatic imine (C=N–C) groups is 1. The maximum absolute atomic E-state index is 11.6. The third-order valence-electron chi connectivity index (χ3n) is 5.29. The molecule has 0 bridgehead atoms. The van der Waals surface area contributed by atoms with Gasteiger partial charge in [0, 0.05) is 19.6 Å². The minimum absolute atomic E-state index is 0. The van der Waals surface area contributed by atoms with Crippen molar-refractivity contribution in [2.45, 2.75) is 46.6 Å². The van der Waals surface area contributed by atoms with Gasteiger partial charge in [0.2, 0.25) is 10.0 Å². The summed E-state index contributed by atoms with van der Waals surface area (Å²) >= 11 is 0. The number of guanidine groups is 1. The summed E-state index contributed by atoms with van der Waals surface area (Å²) in [4.78, 5) is 7.14. The first-order valence-electron chi connectivity index (χ1n) is 9.96. The Hall–Kier alpha value is -1.03. The van der Waals surface area contributed by atoms with Crippen LogP contribution in [0, 0.1) is 11.8 Å². The largest absolute Gasteiger partial charge is 0.357 e. The average Bonchev–Trinajstić information content (AvgIpc) is 3.09. The Morgan fingerprint density at radius 2 is 1.93 bits per heavy atom. The molecule has 160 valence electrons. The van der Waals surface area contributed by atoms with Gasteiger partial charge in [-0.3, -0.25) is 4.72 Å². The quantitative estimate of drug-likeness (QED) is 0.309. The average molecular weight is 522 g/mol. The standard InChI is InChI=1S/C20H34N4O2S.HI/c1-5-16(6-2)18-12-13-24(15-18)20(21-7-3)22-14-17-10-8-9-11-19(17)23-27(4,25)26;/h8-11,16,18,23H,5-7,12-15H2,1-4H3,(H,21,22);1H. The zero-order valence-electron chi connectivity index (χ0n) is 17.4. The zero-order valence-corrected chi connectivity index (χ0v) is 20.6. The number of halogens is 1. The van der Waals surface area contributed by atoms with Gasteiger partial charge in [-0.15, -0.1) is 24.0 Å². The van der Waals surface area contributed by atoms with Crippen LogP contribution in [0.3, 0.4) is 0 Å². The number of likely N-dealkylation sites (tertiary alicyclic amines) is 1. The number of nitrogens with zero attached hydrogens (tertiary/aromatic N) is 2. The minimum Gasteiger partial charge on any atom is -0.357 e. The van der Waals surface area contributed by atoms with Crippen molar-refractivity contribution in [3.05, 3.63) is 29.8 Å². The molecule has 0 saturated carbocycles. The van der Waals surface area contributed by atoms with Gasteiger partial charge in [-0.25, -0.2) is 13.4 Å². The van der Waals surface area contributed by atoms with Crippen molar-refractivity contribution in [1.29, 1.82) is 0 Å². The third-order valence-corrected chi connectivity index (χ3v) is 5.88. The van der Waals surface area contributed by atoms with Crippen molar-refractivity contribution in [2.75, 3.05) is 30.6 Å². The fourth-order valence-corrected chi connectivity index (χ4v) is 4.46. The molecule has 0 aromatic heterocycles. The summed E-state index contributed by atoms with van der Waals surface area (Å²) in [5, 5.41) is 3.40. The van der Waals surface area contributed by atoms with E-state index in [-0.39, 0.29) is 24.0 Å². The fraction of sp³-hybridized carbons (Fsp3) is 0.650. The lowest BCUT2D eigenvalue weighted by atomic mass is 9.87. The number of benzene rings is 1. The van der Waals surface area contributed by atoms with Gasteiger partial charge in [0.15, 0.2) is 5.96 Å². The van der Waals surface area contributed by atoms with Gasteiger partial charge in [-0.05, 0) is 36.8 Å². The number of sulfonamides is 1. The molecule has 2 N–H and O–H groups in total. The van der Waals surface area contributed by atoms with E-state index in [0.29, 0.717) is 12.2 Å². The van der Waals surface area contributed by atoms with Crippen LogP contribution in [0.1, 0.15) is 45.6 Å². The molecule has 0 aliphatic carbocycles. The van der Waals surface area contributed by atoms with E-state index in [9.17, 15) is 8.42 Å². The second-order valence-corrected chi connectivity index (χ2v) is 9.02. The molecule has 1 atom stereocenters. The molecule has 0 amide bonds. The van der Waals surface area contributed by atoms with Gasteiger partial charge in [0.25, 0.3) is 0 Å². The van der Waals surface area contributed by atoms with Crippen LogP contribution in [-0.2, 0) is 16.6 Å². The van der Waals surface area contributed by atoms with Gasteiger partial charge >= 0.3 is 0 Å². The summed E-state index contributed by atoms with van der Waals surface area (Å²) in [5.41, 5.74) is 1.46. The van der Waals surface area contributed by atoms with Crippen LogP contribution in [0.5, 0.6) is 0 Å². The predicted molar refractivity (Wildman–Crippen MR) is 129 cm³/mol. The summed E-state index contributed by atoms with van der Waals surface area (Å²) in [7, 11) is -3.31. The van der Waals surface area contributed by atoms with E-state index in [1.54, 1.807) is 6.07 Å². The number of hydrogen-bond acceptors (Lipinski definition) is 3. The summed E-state index contributed by atoms with van der Waals surface area (Å²) in [6.45, 7) is 9.95. The topological polar surface area (TPSA) is 73.8 Å². The number of hydrogen-bond donors (Lipinski definition) is 2. The first-order valence-corrected chi connectivity index (χ1v) is 11.9. The fourth-order valence-electron chi connectivity index (χ4n) is 3.86. The molecule has 0 radical (unpaired) electrons. The van der Waals surface area contributed by atoms with E-state index in [1.165, 1.54) is 25.5 Å². The van der Waals surface area contributed by atoms with E-state index in [2.05, 4.69) is 35.7 Å². The monoisotopic (exact) mass is 522 g/mol. The van der Waals surface area contributed by atoms with E-state index in [4.69, 9.17) is 4.99 Å². The molecule has 1 aromatic rings. The summed E-state index contributed by atoms with van der Waals surface area (Å²) < 4.78 is 25.8. The molecule has 28 heavy (non-hydrogen) atoms. The van der Waals surface area contributed by atoms with Crippen LogP contribution >= 0.6 is 24.0 Å². The number of anilines is 1. The molecular weight excluding hydrogens is 487 g/mol. The highest BCUT2D eigenvalue weighted by atomic mass is 127. The second kappa shape index (κ2) is 11.8. The molecule has 2 rings (SSSR count). The molecular formula is C20H35IN4O2S. The lowest BCUT2D eigenvalue weighted by Gasteiger charge is -2.24. The Labute approximate surface area is 187 Å². The smallest absolute Gasteiger partial charge is 0.229 e. The highest BCUT2D eigenvalue weighted by Gasteiger charge is 2.29. The first-order chi connectivity index (χ1) is 12.9. The Morgan fingerprint density at radius 3 is 2.54 bits per heavy atom. The molecule has 6 nitrogen and oxygen atoms in total. The summed E-state index contributed by atoms with van der Waals surface area (Å²) in [5.74, 6) is 2.42. The Morgan fingerprint density at radius 1 is 1.25 bits per heavy atom. The molecule has 1 aromatic carbocycles. The summed E-state index contributed by atoms with van der Waals surface area (Å²) in [6.07, 6.45) is 4.84. The van der Waals surface area contributed by atoms with Crippen LogP contribution in [0.4, 0.5) is 5.69 Å².